The van der Waals surface area contributed by atoms with Crippen molar-refractivity contribution in [1.29, 1.82) is 0 Å². The van der Waals surface area contributed by atoms with Gasteiger partial charge in [-0.25, -0.2) is 0 Å². The predicted octanol–water partition coefficient (Wildman–Crippen LogP) is 3.99. The van der Waals surface area contributed by atoms with E-state index in [0.717, 1.165) is 10.9 Å². The quantitative estimate of drug-likeness (QED) is 0.639. The fraction of sp³-hybridized carbons (Fsp3) is 0.0625. The Morgan fingerprint density at radius 3 is 2.73 bits per heavy atom. The molecule has 3 aromatic rings. The van der Waals surface area contributed by atoms with Gasteiger partial charge in [-0.1, -0.05) is 11.6 Å². The minimum atomic E-state index is 0.00310. The largest absolute Gasteiger partial charge is 0.504 e. The molecule has 1 heterocycles. The molecule has 0 aliphatic rings. The second kappa shape index (κ2) is 5.61. The van der Waals surface area contributed by atoms with Crippen LogP contribution < -0.4 is 4.74 Å². The number of methoxy groups -OCH3 is 1. The lowest BCUT2D eigenvalue weighted by atomic mass is 10.2. The first-order valence-electron chi connectivity index (χ1n) is 6.50. The molecular formula is C16H13ClN2O3. The fourth-order valence-corrected chi connectivity index (χ4v) is 2.37. The van der Waals surface area contributed by atoms with Crippen molar-refractivity contribution in [3.63, 3.8) is 0 Å². The highest BCUT2D eigenvalue weighted by atomic mass is 35.5. The summed E-state index contributed by atoms with van der Waals surface area (Å²) in [4.78, 5) is 7.12. The molecule has 5 nitrogen and oxygen atoms in total. The summed E-state index contributed by atoms with van der Waals surface area (Å²) in [5, 5.41) is 21.1. The number of rotatable bonds is 3. The van der Waals surface area contributed by atoms with E-state index in [9.17, 15) is 10.2 Å². The zero-order valence-corrected chi connectivity index (χ0v) is 12.4. The topological polar surface area (TPSA) is 77.8 Å². The lowest BCUT2D eigenvalue weighted by Gasteiger charge is -2.02. The van der Waals surface area contributed by atoms with Crippen LogP contribution in [0, 0.1) is 0 Å². The summed E-state index contributed by atoms with van der Waals surface area (Å²) in [6, 6.07) is 10.1. The first kappa shape index (κ1) is 14.3. The van der Waals surface area contributed by atoms with Gasteiger partial charge in [0.05, 0.1) is 18.4 Å². The lowest BCUT2D eigenvalue weighted by molar-refractivity contribution is 0.373. The molecule has 3 rings (SSSR count). The number of hydrogen-bond acceptors (Lipinski definition) is 4. The van der Waals surface area contributed by atoms with Crippen molar-refractivity contribution in [3.05, 3.63) is 47.0 Å². The Balaban J connectivity index is 2.00. The highest BCUT2D eigenvalue weighted by molar-refractivity contribution is 6.31. The molecule has 0 unspecified atom stereocenters. The van der Waals surface area contributed by atoms with Crippen molar-refractivity contribution in [1.82, 2.24) is 4.98 Å². The van der Waals surface area contributed by atoms with Gasteiger partial charge in [-0.05, 0) is 30.3 Å². The van der Waals surface area contributed by atoms with Gasteiger partial charge in [0.2, 0.25) is 0 Å². The van der Waals surface area contributed by atoms with Crippen LogP contribution in [-0.2, 0) is 0 Å². The third-order valence-corrected chi connectivity index (χ3v) is 3.52. The van der Waals surface area contributed by atoms with Gasteiger partial charge >= 0.3 is 0 Å². The maximum absolute atomic E-state index is 9.98. The Bertz CT molecular complexity index is 871. The molecule has 2 aromatic carbocycles. The van der Waals surface area contributed by atoms with Crippen molar-refractivity contribution >= 4 is 34.4 Å². The van der Waals surface area contributed by atoms with E-state index in [2.05, 4.69) is 9.98 Å². The number of fused-ring (bicyclic) bond motifs is 1. The van der Waals surface area contributed by atoms with E-state index in [1.165, 1.54) is 19.4 Å². The summed E-state index contributed by atoms with van der Waals surface area (Å²) < 4.78 is 4.98. The van der Waals surface area contributed by atoms with Crippen molar-refractivity contribution in [2.24, 2.45) is 4.99 Å². The molecule has 0 fully saturated rings. The van der Waals surface area contributed by atoms with Gasteiger partial charge in [0.25, 0.3) is 0 Å². The number of aromatic hydroxyl groups is 2. The molecule has 3 N–H and O–H groups in total. The minimum Gasteiger partial charge on any atom is -0.504 e. The van der Waals surface area contributed by atoms with Gasteiger partial charge in [-0.3, -0.25) is 4.99 Å². The van der Waals surface area contributed by atoms with E-state index >= 15 is 0 Å². The Morgan fingerprint density at radius 1 is 1.18 bits per heavy atom. The average Bonchev–Trinajstić information content (AvgIpc) is 2.80. The third kappa shape index (κ3) is 2.58. The molecule has 0 amide bonds. The van der Waals surface area contributed by atoms with Gasteiger partial charge in [-0.15, -0.1) is 0 Å². The van der Waals surface area contributed by atoms with Gasteiger partial charge < -0.3 is 19.9 Å². The number of hydrogen-bond donors (Lipinski definition) is 3. The van der Waals surface area contributed by atoms with Crippen LogP contribution in [0.1, 0.15) is 5.56 Å². The molecule has 0 aliphatic carbocycles. The molecule has 0 aliphatic heterocycles. The molecule has 1 aromatic heterocycles. The molecular weight excluding hydrogens is 304 g/mol. The Hall–Kier alpha value is -2.66. The highest BCUT2D eigenvalue weighted by Gasteiger charge is 2.09. The molecule has 0 spiro atoms. The van der Waals surface area contributed by atoms with Gasteiger partial charge in [0.15, 0.2) is 17.4 Å². The first-order valence-corrected chi connectivity index (χ1v) is 6.87. The van der Waals surface area contributed by atoms with Crippen molar-refractivity contribution in [2.75, 3.05) is 7.11 Å². The van der Waals surface area contributed by atoms with E-state index < -0.39 is 0 Å². The standard InChI is InChI=1S/C16H13ClN2O3/c1-22-15-5-3-10(7-14(15)20)18-8-12-11-6-9(17)2-4-13(11)19-16(12)21/h2-8,19-21H,1H3. The van der Waals surface area contributed by atoms with Crippen molar-refractivity contribution < 1.29 is 14.9 Å². The summed E-state index contributed by atoms with van der Waals surface area (Å²) in [6.45, 7) is 0. The number of aromatic nitrogens is 1. The summed E-state index contributed by atoms with van der Waals surface area (Å²) in [7, 11) is 1.48. The Kier molecular flexibility index (Phi) is 3.65. The van der Waals surface area contributed by atoms with Crippen LogP contribution in [0.25, 0.3) is 10.9 Å². The number of nitrogens with zero attached hydrogens (tertiary/aromatic N) is 1. The van der Waals surface area contributed by atoms with Gasteiger partial charge in [0, 0.05) is 28.2 Å². The second-order valence-corrected chi connectivity index (χ2v) is 5.13. The van der Waals surface area contributed by atoms with Crippen LogP contribution >= 0.6 is 11.6 Å². The molecule has 0 saturated heterocycles. The number of aliphatic imine (C=N–C) groups is 1. The van der Waals surface area contributed by atoms with E-state index in [4.69, 9.17) is 16.3 Å². The molecule has 22 heavy (non-hydrogen) atoms. The summed E-state index contributed by atoms with van der Waals surface area (Å²) >= 11 is 5.98. The highest BCUT2D eigenvalue weighted by Crippen LogP contribution is 2.31. The van der Waals surface area contributed by atoms with Crippen LogP contribution in [0.5, 0.6) is 17.4 Å². The summed E-state index contributed by atoms with van der Waals surface area (Å²) in [5.41, 5.74) is 1.84. The number of nitrogens with one attached hydrogen (secondary N) is 1. The van der Waals surface area contributed by atoms with Gasteiger partial charge in [0.1, 0.15) is 0 Å². The fourth-order valence-electron chi connectivity index (χ4n) is 2.20. The lowest BCUT2D eigenvalue weighted by Crippen LogP contribution is -1.83. The normalized spacial score (nSPS) is 11.4. The number of halogens is 1. The molecule has 0 bridgehead atoms. The van der Waals surface area contributed by atoms with Crippen molar-refractivity contribution in [3.8, 4) is 17.4 Å². The number of benzene rings is 2. The smallest absolute Gasteiger partial charge is 0.198 e. The summed E-state index contributed by atoms with van der Waals surface area (Å²) in [5.74, 6) is 0.391. The van der Waals surface area contributed by atoms with E-state index in [0.29, 0.717) is 22.0 Å². The SMILES string of the molecule is COc1ccc(N=Cc2c(O)[nH]c3ccc(Cl)cc23)cc1O. The minimum absolute atomic E-state index is 0.00310. The molecule has 0 atom stereocenters. The number of phenolic OH excluding ortho intramolecular Hbond substituents is 1. The van der Waals surface area contributed by atoms with E-state index in [1.54, 1.807) is 30.3 Å². The molecule has 112 valence electrons. The van der Waals surface area contributed by atoms with E-state index in [1.807, 2.05) is 0 Å². The maximum Gasteiger partial charge on any atom is 0.198 e. The monoisotopic (exact) mass is 316 g/mol. The predicted molar refractivity (Wildman–Crippen MR) is 86.9 cm³/mol. The van der Waals surface area contributed by atoms with Crippen LogP contribution in [0.3, 0.4) is 0 Å². The van der Waals surface area contributed by atoms with E-state index in [-0.39, 0.29) is 11.6 Å². The van der Waals surface area contributed by atoms with Crippen LogP contribution in [0.15, 0.2) is 41.4 Å². The zero-order chi connectivity index (χ0) is 15.7. The summed E-state index contributed by atoms with van der Waals surface area (Å²) in [6.07, 6.45) is 1.52. The zero-order valence-electron chi connectivity index (χ0n) is 11.7. The number of aromatic amines is 1. The number of ether oxygens (including phenoxy) is 1. The first-order chi connectivity index (χ1) is 10.6. The van der Waals surface area contributed by atoms with Gasteiger partial charge in [-0.2, -0.15) is 0 Å². The molecule has 0 saturated carbocycles. The Labute approximate surface area is 131 Å². The third-order valence-electron chi connectivity index (χ3n) is 3.29. The molecule has 0 radical (unpaired) electrons. The molecule has 6 heteroatoms. The van der Waals surface area contributed by atoms with Crippen LogP contribution in [-0.4, -0.2) is 28.5 Å². The average molecular weight is 317 g/mol. The van der Waals surface area contributed by atoms with Crippen molar-refractivity contribution in [2.45, 2.75) is 0 Å². The van der Waals surface area contributed by atoms with Crippen LogP contribution in [0.2, 0.25) is 5.02 Å². The number of H-pyrrole nitrogens is 1. The van der Waals surface area contributed by atoms with Crippen LogP contribution in [0.4, 0.5) is 5.69 Å². The number of phenols is 1. The Morgan fingerprint density at radius 2 is 2.00 bits per heavy atom. The maximum atomic E-state index is 9.98. The second-order valence-electron chi connectivity index (χ2n) is 4.69.